The van der Waals surface area contributed by atoms with Gasteiger partial charge in [-0.2, -0.15) is 0 Å². The minimum absolute atomic E-state index is 0.0330. The monoisotopic (exact) mass is 794 g/mol. The molecule has 3 atom stereocenters. The van der Waals surface area contributed by atoms with Crippen molar-refractivity contribution < 1.29 is 24.5 Å². The van der Waals surface area contributed by atoms with Crippen LogP contribution in [0.2, 0.25) is 0 Å². The highest BCUT2D eigenvalue weighted by Gasteiger charge is 2.23. The summed E-state index contributed by atoms with van der Waals surface area (Å²) in [5, 5.41) is 23.6. The van der Waals surface area contributed by atoms with Crippen LogP contribution < -0.4 is 5.32 Å². The number of nitrogens with one attached hydrogen (secondary N) is 1. The minimum atomic E-state index is -0.824. The Kier molecular flexibility index (Phi) is 41.9. The molecule has 6 heteroatoms. The summed E-state index contributed by atoms with van der Waals surface area (Å²) in [4.78, 5) is 25.9. The molecule has 0 saturated heterocycles. The highest BCUT2D eigenvalue weighted by molar-refractivity contribution is 5.77. The topological polar surface area (TPSA) is 95.9 Å². The zero-order chi connectivity index (χ0) is 41.7. The van der Waals surface area contributed by atoms with Crippen molar-refractivity contribution in [2.75, 3.05) is 6.61 Å². The van der Waals surface area contributed by atoms with Crippen molar-refractivity contribution in [1.29, 1.82) is 0 Å². The van der Waals surface area contributed by atoms with E-state index < -0.39 is 18.2 Å². The number of rotatable bonds is 40. The number of carbonyl (C=O) groups excluding carboxylic acids is 2. The molecular formula is C51H87NO5. The lowest BCUT2D eigenvalue weighted by molar-refractivity contribution is -0.150. The van der Waals surface area contributed by atoms with Crippen LogP contribution in [0, 0.1) is 0 Å². The van der Waals surface area contributed by atoms with Gasteiger partial charge in [-0.05, 0) is 44.9 Å². The van der Waals surface area contributed by atoms with E-state index in [1.54, 1.807) is 0 Å². The molecule has 0 saturated carbocycles. The minimum Gasteiger partial charge on any atom is -0.461 e. The zero-order valence-electron chi connectivity index (χ0n) is 36.9. The van der Waals surface area contributed by atoms with Crippen LogP contribution >= 0.6 is 0 Å². The summed E-state index contributed by atoms with van der Waals surface area (Å²) < 4.78 is 5.80. The number of allylic oxidation sites excluding steroid dienone is 13. The highest BCUT2D eigenvalue weighted by atomic mass is 16.5. The van der Waals surface area contributed by atoms with Gasteiger partial charge in [0.1, 0.15) is 6.10 Å². The summed E-state index contributed by atoms with van der Waals surface area (Å²) in [6, 6.07) is -0.747. The summed E-state index contributed by atoms with van der Waals surface area (Å²) in [5.74, 6) is -0.647. The molecule has 0 aliphatic heterocycles. The van der Waals surface area contributed by atoms with Crippen LogP contribution in [0.15, 0.2) is 85.1 Å². The highest BCUT2D eigenvalue weighted by Crippen LogP contribution is 2.15. The Hall–Kier alpha value is -2.96. The summed E-state index contributed by atoms with van der Waals surface area (Å²) in [5.41, 5.74) is 0. The van der Waals surface area contributed by atoms with E-state index in [0.29, 0.717) is 19.3 Å². The Balaban J connectivity index is 4.75. The number of esters is 1. The predicted molar refractivity (Wildman–Crippen MR) is 245 cm³/mol. The average molecular weight is 794 g/mol. The molecule has 0 bridgehead atoms. The second-order valence-corrected chi connectivity index (χ2v) is 15.6. The first kappa shape index (κ1) is 54.0. The Morgan fingerprint density at radius 3 is 1.49 bits per heavy atom. The van der Waals surface area contributed by atoms with Crippen LogP contribution in [-0.2, 0) is 14.3 Å². The molecule has 0 rings (SSSR count). The maximum atomic E-state index is 13.1. The van der Waals surface area contributed by atoms with Crippen molar-refractivity contribution >= 4 is 11.9 Å². The smallest absolute Gasteiger partial charge is 0.306 e. The molecule has 3 N–H and O–H groups in total. The largest absolute Gasteiger partial charge is 0.461 e. The predicted octanol–water partition coefficient (Wildman–Crippen LogP) is 13.6. The third-order valence-electron chi connectivity index (χ3n) is 10.1. The van der Waals surface area contributed by atoms with Crippen LogP contribution in [-0.4, -0.2) is 46.9 Å². The lowest BCUT2D eigenvalue weighted by Crippen LogP contribution is -2.46. The molecular weight excluding hydrogens is 707 g/mol. The maximum absolute atomic E-state index is 13.1. The third-order valence-corrected chi connectivity index (χ3v) is 10.1. The van der Waals surface area contributed by atoms with Gasteiger partial charge >= 0.3 is 5.97 Å². The van der Waals surface area contributed by atoms with Crippen molar-refractivity contribution in [3.63, 3.8) is 0 Å². The summed E-state index contributed by atoms with van der Waals surface area (Å²) in [7, 11) is 0. The summed E-state index contributed by atoms with van der Waals surface area (Å²) in [6.45, 7) is 6.26. The maximum Gasteiger partial charge on any atom is 0.306 e. The Morgan fingerprint density at radius 1 is 0.544 bits per heavy atom. The summed E-state index contributed by atoms with van der Waals surface area (Å²) >= 11 is 0. The molecule has 0 fully saturated rings. The number of aliphatic hydroxyl groups is 2. The van der Waals surface area contributed by atoms with Gasteiger partial charge in [0.2, 0.25) is 5.91 Å². The molecule has 326 valence electrons. The van der Waals surface area contributed by atoms with Crippen LogP contribution in [0.1, 0.15) is 201 Å². The first-order valence-electron chi connectivity index (χ1n) is 23.4. The van der Waals surface area contributed by atoms with Crippen LogP contribution in [0.4, 0.5) is 0 Å². The van der Waals surface area contributed by atoms with Gasteiger partial charge in [0.05, 0.1) is 25.2 Å². The van der Waals surface area contributed by atoms with Gasteiger partial charge in [-0.25, -0.2) is 0 Å². The van der Waals surface area contributed by atoms with Crippen molar-refractivity contribution in [2.24, 2.45) is 0 Å². The fourth-order valence-electron chi connectivity index (χ4n) is 6.56. The van der Waals surface area contributed by atoms with Crippen molar-refractivity contribution in [2.45, 2.75) is 219 Å². The average Bonchev–Trinajstić information content (AvgIpc) is 3.20. The van der Waals surface area contributed by atoms with E-state index in [1.807, 2.05) is 54.7 Å². The number of carbonyl (C=O) groups is 2. The summed E-state index contributed by atoms with van der Waals surface area (Å²) in [6.07, 6.45) is 56.7. The standard InChI is InChI=1S/C51H87NO5/c1-4-7-10-13-16-19-22-23-24-25-26-29-32-35-38-41-44-51(56)57-47(42-39-36-33-30-27-20-17-14-11-8-5-2)45-50(55)52-48(46-53)49(54)43-40-37-34-31-28-21-18-15-12-9-6-3/h8,11,14,17,20,24-27,29-30,33,36,39,47-49,53-54H,4-7,9-10,12-13,15-16,18-19,21-23,28,31-32,34-35,37-38,40-46H2,1-3H3,(H,52,55)/b11-8+,17-14+,25-24+,27-20-,29-26+,33-30-,39-36+. The van der Waals surface area contributed by atoms with E-state index in [0.717, 1.165) is 57.8 Å². The van der Waals surface area contributed by atoms with Gasteiger partial charge < -0.3 is 20.3 Å². The van der Waals surface area contributed by atoms with Crippen molar-refractivity contribution in [3.8, 4) is 0 Å². The Labute approximate surface area is 351 Å². The third kappa shape index (κ3) is 39.6. The zero-order valence-corrected chi connectivity index (χ0v) is 36.9. The molecule has 0 spiro atoms. The number of aliphatic hydroxyl groups excluding tert-OH is 2. The molecule has 1 amide bonds. The van der Waals surface area contributed by atoms with Crippen LogP contribution in [0.3, 0.4) is 0 Å². The lowest BCUT2D eigenvalue weighted by Gasteiger charge is -2.24. The SMILES string of the molecule is CC/C=C/C=C/C=C\C=C/C=C/CC(CC(=O)NC(CO)C(O)CCCCCCCCCCCCC)OC(=O)CCCCC/C=C/C=C/CCCCCCCCC. The number of unbranched alkanes of at least 4 members (excludes halogenated alkanes) is 20. The van der Waals surface area contributed by atoms with Gasteiger partial charge in [-0.1, -0.05) is 221 Å². The van der Waals surface area contributed by atoms with E-state index in [-0.39, 0.29) is 24.9 Å². The van der Waals surface area contributed by atoms with Gasteiger partial charge in [0.15, 0.2) is 0 Å². The second kappa shape index (κ2) is 44.1. The molecule has 57 heavy (non-hydrogen) atoms. The van der Waals surface area contributed by atoms with Crippen molar-refractivity contribution in [1.82, 2.24) is 5.32 Å². The van der Waals surface area contributed by atoms with E-state index >= 15 is 0 Å². The first-order valence-corrected chi connectivity index (χ1v) is 23.4. The van der Waals surface area contributed by atoms with Gasteiger partial charge in [0, 0.05) is 12.8 Å². The fourth-order valence-corrected chi connectivity index (χ4v) is 6.56. The van der Waals surface area contributed by atoms with Crippen LogP contribution in [0.25, 0.3) is 0 Å². The van der Waals surface area contributed by atoms with Gasteiger partial charge in [-0.3, -0.25) is 9.59 Å². The molecule has 6 nitrogen and oxygen atoms in total. The van der Waals surface area contributed by atoms with E-state index in [4.69, 9.17) is 4.74 Å². The number of amides is 1. The van der Waals surface area contributed by atoms with Crippen LogP contribution in [0.5, 0.6) is 0 Å². The molecule has 0 aliphatic carbocycles. The van der Waals surface area contributed by atoms with E-state index in [2.05, 4.69) is 56.5 Å². The molecule has 0 aromatic heterocycles. The van der Waals surface area contributed by atoms with Gasteiger partial charge in [0.25, 0.3) is 0 Å². The molecule has 0 aliphatic rings. The molecule has 3 unspecified atom stereocenters. The molecule has 0 radical (unpaired) electrons. The first-order chi connectivity index (χ1) is 28.0. The molecule has 0 aromatic rings. The Morgan fingerprint density at radius 2 is 0.982 bits per heavy atom. The van der Waals surface area contributed by atoms with E-state index in [1.165, 1.54) is 96.3 Å². The fraction of sp³-hybridized carbons (Fsp3) is 0.686. The number of hydrogen-bond acceptors (Lipinski definition) is 5. The van der Waals surface area contributed by atoms with E-state index in [9.17, 15) is 19.8 Å². The number of ether oxygens (including phenoxy) is 1. The number of hydrogen-bond donors (Lipinski definition) is 3. The molecule has 0 aromatic carbocycles. The van der Waals surface area contributed by atoms with Gasteiger partial charge in [-0.15, -0.1) is 0 Å². The molecule has 0 heterocycles. The van der Waals surface area contributed by atoms with Crippen molar-refractivity contribution in [3.05, 3.63) is 85.1 Å². The second-order valence-electron chi connectivity index (χ2n) is 15.6. The Bertz CT molecular complexity index is 1120. The normalized spacial score (nSPS) is 14.1. The quantitative estimate of drug-likeness (QED) is 0.0326. The lowest BCUT2D eigenvalue weighted by atomic mass is 10.0.